The number of nitriles is 1. The summed E-state index contributed by atoms with van der Waals surface area (Å²) in [6.45, 7) is 1.64. The zero-order chi connectivity index (χ0) is 13.0. The van der Waals surface area contributed by atoms with Crippen LogP contribution in [0.15, 0.2) is 24.5 Å². The summed E-state index contributed by atoms with van der Waals surface area (Å²) in [5.41, 5.74) is -0.245. The van der Waals surface area contributed by atoms with Gasteiger partial charge in [0.05, 0.1) is 11.6 Å². The second kappa shape index (κ2) is 5.15. The van der Waals surface area contributed by atoms with Gasteiger partial charge in [-0.15, -0.1) is 0 Å². The van der Waals surface area contributed by atoms with Crippen LogP contribution >= 0.6 is 0 Å². The molecule has 0 spiro atoms. The van der Waals surface area contributed by atoms with Crippen LogP contribution in [-0.2, 0) is 0 Å². The Morgan fingerprint density at radius 1 is 1.56 bits per heavy atom. The highest BCUT2D eigenvalue weighted by Crippen LogP contribution is 2.21. The lowest BCUT2D eigenvalue weighted by Crippen LogP contribution is -2.53. The average Bonchev–Trinajstić information content (AvgIpc) is 2.43. The second-order valence-electron chi connectivity index (χ2n) is 4.69. The Labute approximate surface area is 106 Å². The Balaban J connectivity index is 2.08. The number of aromatic nitrogens is 1. The summed E-state index contributed by atoms with van der Waals surface area (Å²) in [7, 11) is 2.02. The number of nitrogens with zero attached hydrogens (tertiary/aromatic N) is 3. The monoisotopic (exact) mass is 244 g/mol. The molecule has 0 unspecified atom stereocenters. The smallest absolute Gasteiger partial charge is 0.254 e. The zero-order valence-electron chi connectivity index (χ0n) is 10.4. The number of nitrogens with one attached hydrogen (secondary N) is 1. The van der Waals surface area contributed by atoms with E-state index in [1.54, 1.807) is 18.3 Å². The van der Waals surface area contributed by atoms with Crippen LogP contribution < -0.4 is 5.32 Å². The predicted octanol–water partition coefficient (Wildman–Crippen LogP) is 0.799. The minimum atomic E-state index is -0.737. The van der Waals surface area contributed by atoms with Gasteiger partial charge in [-0.05, 0) is 32.0 Å². The number of carbonyl (C=O) groups excluding carboxylic acids is 1. The highest BCUT2D eigenvalue weighted by atomic mass is 16.1. The van der Waals surface area contributed by atoms with Crippen molar-refractivity contribution in [2.75, 3.05) is 20.1 Å². The van der Waals surface area contributed by atoms with E-state index in [4.69, 9.17) is 0 Å². The summed E-state index contributed by atoms with van der Waals surface area (Å²) in [6, 6.07) is 5.67. The zero-order valence-corrected chi connectivity index (χ0v) is 10.4. The maximum absolute atomic E-state index is 12.0. The average molecular weight is 244 g/mol. The normalized spacial score (nSPS) is 18.9. The number of likely N-dealkylation sites (tertiary alicyclic amines) is 1. The summed E-state index contributed by atoms with van der Waals surface area (Å²) in [5, 5.41) is 12.2. The van der Waals surface area contributed by atoms with Gasteiger partial charge < -0.3 is 10.2 Å². The summed E-state index contributed by atoms with van der Waals surface area (Å²) >= 11 is 0. The van der Waals surface area contributed by atoms with Crippen molar-refractivity contribution in [3.63, 3.8) is 0 Å². The standard InChI is InChI=1S/C13H16N4O/c1-17-7-4-13(10-14,5-8-17)16-12(18)11-3-2-6-15-9-11/h2-3,6,9H,4-5,7-8H2,1H3,(H,16,18). The van der Waals surface area contributed by atoms with Crippen LogP contribution in [0.2, 0.25) is 0 Å². The SMILES string of the molecule is CN1CCC(C#N)(NC(=O)c2cccnc2)CC1. The molecule has 1 aromatic rings. The highest BCUT2D eigenvalue weighted by molar-refractivity contribution is 5.94. The molecule has 2 heterocycles. The summed E-state index contributed by atoms with van der Waals surface area (Å²) in [6.07, 6.45) is 4.44. The third kappa shape index (κ3) is 2.66. The van der Waals surface area contributed by atoms with E-state index in [-0.39, 0.29) is 5.91 Å². The molecule has 94 valence electrons. The number of amides is 1. The fourth-order valence-corrected chi connectivity index (χ4v) is 2.05. The van der Waals surface area contributed by atoms with Crippen LogP contribution in [0.25, 0.3) is 0 Å². The quantitative estimate of drug-likeness (QED) is 0.835. The van der Waals surface area contributed by atoms with Gasteiger partial charge in [0.25, 0.3) is 5.91 Å². The van der Waals surface area contributed by atoms with E-state index in [1.807, 2.05) is 7.05 Å². The lowest BCUT2D eigenvalue weighted by atomic mass is 9.89. The molecule has 1 aliphatic heterocycles. The van der Waals surface area contributed by atoms with Crippen LogP contribution in [0.3, 0.4) is 0 Å². The van der Waals surface area contributed by atoms with Crippen molar-refractivity contribution in [2.45, 2.75) is 18.4 Å². The first kappa shape index (κ1) is 12.5. The van der Waals surface area contributed by atoms with Gasteiger partial charge >= 0.3 is 0 Å². The molecule has 0 radical (unpaired) electrons. The molecule has 1 aliphatic rings. The molecule has 0 atom stereocenters. The molecule has 1 amide bonds. The molecule has 0 bridgehead atoms. The van der Waals surface area contributed by atoms with Gasteiger partial charge in [0.15, 0.2) is 0 Å². The Hall–Kier alpha value is -1.93. The van der Waals surface area contributed by atoms with Crippen molar-refractivity contribution >= 4 is 5.91 Å². The van der Waals surface area contributed by atoms with Gasteiger partial charge in [-0.2, -0.15) is 5.26 Å². The molecule has 0 aliphatic carbocycles. The van der Waals surface area contributed by atoms with E-state index < -0.39 is 5.54 Å². The van der Waals surface area contributed by atoms with Crippen LogP contribution in [0.5, 0.6) is 0 Å². The van der Waals surface area contributed by atoms with E-state index in [9.17, 15) is 10.1 Å². The number of hydrogen-bond acceptors (Lipinski definition) is 4. The molecule has 1 N–H and O–H groups in total. The number of piperidine rings is 1. The molecule has 5 heteroatoms. The maximum Gasteiger partial charge on any atom is 0.254 e. The molecule has 5 nitrogen and oxygen atoms in total. The molecule has 2 rings (SSSR count). The minimum absolute atomic E-state index is 0.228. The molecule has 1 saturated heterocycles. The van der Waals surface area contributed by atoms with E-state index in [0.29, 0.717) is 18.4 Å². The summed E-state index contributed by atoms with van der Waals surface area (Å²) in [5.74, 6) is -0.228. The number of carbonyl (C=O) groups is 1. The fourth-order valence-electron chi connectivity index (χ4n) is 2.05. The highest BCUT2D eigenvalue weighted by Gasteiger charge is 2.35. The first-order chi connectivity index (χ1) is 8.65. The molecule has 1 aromatic heterocycles. The largest absolute Gasteiger partial charge is 0.334 e. The summed E-state index contributed by atoms with van der Waals surface area (Å²) < 4.78 is 0. The Bertz CT molecular complexity index is 458. The molecular formula is C13H16N4O. The van der Waals surface area contributed by atoms with Gasteiger partial charge in [0.1, 0.15) is 5.54 Å². The number of rotatable bonds is 2. The molecule has 0 aromatic carbocycles. The molecule has 1 fully saturated rings. The van der Waals surface area contributed by atoms with Gasteiger partial charge in [0, 0.05) is 25.5 Å². The Morgan fingerprint density at radius 2 is 2.28 bits per heavy atom. The van der Waals surface area contributed by atoms with Crippen molar-refractivity contribution in [1.82, 2.24) is 15.2 Å². The first-order valence-electron chi connectivity index (χ1n) is 5.97. The van der Waals surface area contributed by atoms with Crippen LogP contribution in [0.4, 0.5) is 0 Å². The lowest BCUT2D eigenvalue weighted by Gasteiger charge is -2.35. The van der Waals surface area contributed by atoms with Crippen LogP contribution in [0, 0.1) is 11.3 Å². The van der Waals surface area contributed by atoms with Crippen molar-refractivity contribution in [1.29, 1.82) is 5.26 Å². The van der Waals surface area contributed by atoms with Crippen molar-refractivity contribution in [3.8, 4) is 6.07 Å². The van der Waals surface area contributed by atoms with E-state index in [2.05, 4.69) is 21.3 Å². The van der Waals surface area contributed by atoms with Crippen LogP contribution in [-0.4, -0.2) is 41.5 Å². The minimum Gasteiger partial charge on any atom is -0.334 e. The maximum atomic E-state index is 12.0. The van der Waals surface area contributed by atoms with E-state index in [1.165, 1.54) is 6.20 Å². The van der Waals surface area contributed by atoms with Crippen molar-refractivity contribution < 1.29 is 4.79 Å². The Morgan fingerprint density at radius 3 is 2.83 bits per heavy atom. The third-order valence-electron chi connectivity index (χ3n) is 3.33. The van der Waals surface area contributed by atoms with Gasteiger partial charge in [0.2, 0.25) is 0 Å². The summed E-state index contributed by atoms with van der Waals surface area (Å²) in [4.78, 5) is 18.1. The lowest BCUT2D eigenvalue weighted by molar-refractivity contribution is 0.0881. The fraction of sp³-hybridized carbons (Fsp3) is 0.462. The topological polar surface area (TPSA) is 69.0 Å². The van der Waals surface area contributed by atoms with Gasteiger partial charge in [-0.1, -0.05) is 0 Å². The number of hydrogen-bond donors (Lipinski definition) is 1. The second-order valence-corrected chi connectivity index (χ2v) is 4.69. The molecule has 18 heavy (non-hydrogen) atoms. The van der Waals surface area contributed by atoms with Crippen molar-refractivity contribution in [2.24, 2.45) is 0 Å². The van der Waals surface area contributed by atoms with Gasteiger partial charge in [-0.3, -0.25) is 9.78 Å². The van der Waals surface area contributed by atoms with E-state index >= 15 is 0 Å². The van der Waals surface area contributed by atoms with Crippen molar-refractivity contribution in [3.05, 3.63) is 30.1 Å². The number of pyridine rings is 1. The molecule has 0 saturated carbocycles. The first-order valence-corrected chi connectivity index (χ1v) is 5.97. The predicted molar refractivity (Wildman–Crippen MR) is 66.8 cm³/mol. The van der Waals surface area contributed by atoms with Crippen LogP contribution in [0.1, 0.15) is 23.2 Å². The Kier molecular flexibility index (Phi) is 3.58. The molecular weight excluding hydrogens is 228 g/mol. The third-order valence-corrected chi connectivity index (χ3v) is 3.33. The van der Waals surface area contributed by atoms with E-state index in [0.717, 1.165) is 13.1 Å². The van der Waals surface area contributed by atoms with Gasteiger partial charge in [-0.25, -0.2) is 0 Å².